The standard InChI is InChI=1S/C32H32FN5O4S/c1-2-41-20-42-28-10-7-24(33)18-27(28)29(30(39)36-32-35-13-16-43-32)38-19-23-4-3-22(17-26(23)31(38)40)21-5-8-25(9-6-21)37-14-11-34-12-15-37/h3-10,13,16-18,29,34H,2,11-12,14-15,19-20H2,1H3,(H,35,36,39). The molecule has 1 saturated heterocycles. The van der Waals surface area contributed by atoms with Gasteiger partial charge >= 0.3 is 0 Å². The number of benzene rings is 3. The second-order valence-electron chi connectivity index (χ2n) is 10.3. The fourth-order valence-corrected chi connectivity index (χ4v) is 5.99. The van der Waals surface area contributed by atoms with Gasteiger partial charge < -0.3 is 24.6 Å². The Hall–Kier alpha value is -4.32. The number of aromatic nitrogens is 1. The Bertz CT molecular complexity index is 1590. The SMILES string of the molecule is CCOCOc1ccc(F)cc1C(C(=O)Nc1nccs1)N1Cc2ccc(-c3ccc(N4CCNCC4)cc3)cc2C1=O. The molecule has 2 aliphatic heterocycles. The molecule has 9 nitrogen and oxygen atoms in total. The summed E-state index contributed by atoms with van der Waals surface area (Å²) in [5.74, 6) is -1.15. The molecule has 3 aromatic carbocycles. The third-order valence-corrected chi connectivity index (χ3v) is 8.30. The zero-order valence-corrected chi connectivity index (χ0v) is 24.5. The van der Waals surface area contributed by atoms with Crippen molar-refractivity contribution in [3.05, 3.63) is 94.7 Å². The minimum Gasteiger partial charge on any atom is -0.467 e. The van der Waals surface area contributed by atoms with Crippen molar-refractivity contribution >= 4 is 34.0 Å². The van der Waals surface area contributed by atoms with Gasteiger partial charge in [-0.1, -0.05) is 24.3 Å². The van der Waals surface area contributed by atoms with Crippen molar-refractivity contribution in [3.63, 3.8) is 0 Å². The van der Waals surface area contributed by atoms with Crippen LogP contribution in [-0.4, -0.2) is 61.3 Å². The minimum absolute atomic E-state index is 0.0824. The third kappa shape index (κ3) is 6.24. The van der Waals surface area contributed by atoms with Gasteiger partial charge in [-0.25, -0.2) is 9.37 Å². The summed E-state index contributed by atoms with van der Waals surface area (Å²) in [6, 6.07) is 16.9. The van der Waals surface area contributed by atoms with E-state index < -0.39 is 17.8 Å². The number of halogens is 1. The van der Waals surface area contributed by atoms with Gasteiger partial charge in [-0.2, -0.15) is 0 Å². The maximum atomic E-state index is 14.6. The summed E-state index contributed by atoms with van der Waals surface area (Å²) in [6.07, 6.45) is 1.57. The Kier molecular flexibility index (Phi) is 8.64. The van der Waals surface area contributed by atoms with Crippen LogP contribution in [0, 0.1) is 5.82 Å². The maximum Gasteiger partial charge on any atom is 0.255 e. The predicted octanol–water partition coefficient (Wildman–Crippen LogP) is 5.07. The number of rotatable bonds is 10. The van der Waals surface area contributed by atoms with Crippen LogP contribution in [0.25, 0.3) is 11.1 Å². The molecule has 0 radical (unpaired) electrons. The molecular formula is C32H32FN5O4S. The van der Waals surface area contributed by atoms with Crippen LogP contribution in [0.3, 0.4) is 0 Å². The summed E-state index contributed by atoms with van der Waals surface area (Å²) < 4.78 is 25.7. The number of nitrogens with one attached hydrogen (secondary N) is 2. The highest BCUT2D eigenvalue weighted by Crippen LogP contribution is 2.38. The lowest BCUT2D eigenvalue weighted by atomic mass is 10.00. The molecule has 1 atom stereocenters. The van der Waals surface area contributed by atoms with Gasteiger partial charge in [-0.05, 0) is 60.0 Å². The zero-order valence-electron chi connectivity index (χ0n) is 23.7. The van der Waals surface area contributed by atoms with Crippen molar-refractivity contribution in [2.75, 3.05) is 49.8 Å². The Morgan fingerprint density at radius 2 is 1.88 bits per heavy atom. The fourth-order valence-electron chi connectivity index (χ4n) is 5.46. The molecule has 2 amide bonds. The molecule has 4 aromatic rings. The lowest BCUT2D eigenvalue weighted by Gasteiger charge is -2.29. The highest BCUT2D eigenvalue weighted by Gasteiger charge is 2.39. The van der Waals surface area contributed by atoms with Gasteiger partial charge in [-0.15, -0.1) is 11.3 Å². The van der Waals surface area contributed by atoms with Crippen LogP contribution in [0.5, 0.6) is 5.75 Å². The third-order valence-electron chi connectivity index (χ3n) is 7.62. The second kappa shape index (κ2) is 12.9. The van der Waals surface area contributed by atoms with E-state index >= 15 is 0 Å². The van der Waals surface area contributed by atoms with Gasteiger partial charge in [-0.3, -0.25) is 14.9 Å². The quantitative estimate of drug-likeness (QED) is 0.194. The van der Waals surface area contributed by atoms with Crippen LogP contribution in [0.15, 0.2) is 72.2 Å². The molecule has 6 rings (SSSR count). The minimum atomic E-state index is -1.18. The highest BCUT2D eigenvalue weighted by atomic mass is 32.1. The number of hydrogen-bond donors (Lipinski definition) is 2. The Morgan fingerprint density at radius 3 is 2.63 bits per heavy atom. The van der Waals surface area contributed by atoms with Crippen LogP contribution in [0.4, 0.5) is 15.2 Å². The molecule has 0 saturated carbocycles. The number of carbonyl (C=O) groups excluding carboxylic acids is 2. The van der Waals surface area contributed by atoms with Crippen LogP contribution >= 0.6 is 11.3 Å². The lowest BCUT2D eigenvalue weighted by molar-refractivity contribution is -0.121. The van der Waals surface area contributed by atoms with Crippen molar-refractivity contribution in [1.29, 1.82) is 0 Å². The molecule has 1 unspecified atom stereocenters. The number of thiazole rings is 1. The molecule has 43 heavy (non-hydrogen) atoms. The van der Waals surface area contributed by atoms with Crippen molar-refractivity contribution in [1.82, 2.24) is 15.2 Å². The van der Waals surface area contributed by atoms with E-state index in [9.17, 15) is 14.0 Å². The van der Waals surface area contributed by atoms with E-state index in [0.29, 0.717) is 17.3 Å². The van der Waals surface area contributed by atoms with E-state index in [2.05, 4.69) is 44.8 Å². The summed E-state index contributed by atoms with van der Waals surface area (Å²) in [7, 11) is 0. The Balaban J connectivity index is 1.30. The van der Waals surface area contributed by atoms with Crippen LogP contribution in [0.2, 0.25) is 0 Å². The Labute approximate surface area is 253 Å². The van der Waals surface area contributed by atoms with E-state index in [1.807, 2.05) is 25.1 Å². The molecule has 0 bridgehead atoms. The summed E-state index contributed by atoms with van der Waals surface area (Å²) in [6.45, 7) is 6.19. The summed E-state index contributed by atoms with van der Waals surface area (Å²) in [5.41, 5.74) is 4.56. The van der Waals surface area contributed by atoms with Crippen molar-refractivity contribution in [2.24, 2.45) is 0 Å². The first kappa shape index (κ1) is 28.8. The summed E-state index contributed by atoms with van der Waals surface area (Å²) >= 11 is 1.25. The maximum absolute atomic E-state index is 14.6. The average molecular weight is 602 g/mol. The molecule has 0 aliphatic carbocycles. The van der Waals surface area contributed by atoms with E-state index in [1.165, 1.54) is 40.1 Å². The smallest absolute Gasteiger partial charge is 0.255 e. The number of piperazine rings is 1. The first-order valence-corrected chi connectivity index (χ1v) is 15.1. The van der Waals surface area contributed by atoms with Gasteiger partial charge in [0.15, 0.2) is 11.9 Å². The molecule has 2 N–H and O–H groups in total. The number of anilines is 2. The predicted molar refractivity (Wildman–Crippen MR) is 164 cm³/mol. The first-order chi connectivity index (χ1) is 21.0. The summed E-state index contributed by atoms with van der Waals surface area (Å²) in [5, 5.41) is 8.26. The summed E-state index contributed by atoms with van der Waals surface area (Å²) in [4.78, 5) is 35.7. The van der Waals surface area contributed by atoms with Crippen LogP contribution in [-0.2, 0) is 16.1 Å². The number of amides is 2. The molecule has 2 aliphatic rings. The molecule has 1 fully saturated rings. The second-order valence-corrected chi connectivity index (χ2v) is 11.1. The average Bonchev–Trinajstić information content (AvgIpc) is 3.66. The van der Waals surface area contributed by atoms with E-state index in [-0.39, 0.29) is 30.6 Å². The van der Waals surface area contributed by atoms with Gasteiger partial charge in [0.25, 0.3) is 11.8 Å². The molecule has 3 heterocycles. The normalized spacial score (nSPS) is 15.3. The molecule has 1 aromatic heterocycles. The van der Waals surface area contributed by atoms with Crippen LogP contribution in [0.1, 0.15) is 34.5 Å². The number of fused-ring (bicyclic) bond motifs is 1. The number of nitrogens with zero attached hydrogens (tertiary/aromatic N) is 3. The van der Waals surface area contributed by atoms with Gasteiger partial charge in [0, 0.05) is 67.7 Å². The number of hydrogen-bond acceptors (Lipinski definition) is 8. The fraction of sp³-hybridized carbons (Fsp3) is 0.281. The zero-order chi connectivity index (χ0) is 29.8. The van der Waals surface area contributed by atoms with E-state index in [1.54, 1.807) is 11.6 Å². The molecule has 0 spiro atoms. The molecule has 222 valence electrons. The van der Waals surface area contributed by atoms with Crippen molar-refractivity contribution in [3.8, 4) is 16.9 Å². The monoisotopic (exact) mass is 601 g/mol. The molecule has 11 heteroatoms. The van der Waals surface area contributed by atoms with Gasteiger partial charge in [0.05, 0.1) is 0 Å². The number of ether oxygens (including phenoxy) is 2. The van der Waals surface area contributed by atoms with Crippen molar-refractivity contribution < 1.29 is 23.5 Å². The molecular weight excluding hydrogens is 569 g/mol. The topological polar surface area (TPSA) is 96.0 Å². The van der Waals surface area contributed by atoms with Crippen molar-refractivity contribution in [2.45, 2.75) is 19.5 Å². The van der Waals surface area contributed by atoms with E-state index in [4.69, 9.17) is 9.47 Å². The van der Waals surface area contributed by atoms with E-state index in [0.717, 1.165) is 42.9 Å². The first-order valence-electron chi connectivity index (χ1n) is 14.2. The Morgan fingerprint density at radius 1 is 1.09 bits per heavy atom. The largest absolute Gasteiger partial charge is 0.467 e. The highest BCUT2D eigenvalue weighted by molar-refractivity contribution is 7.13. The van der Waals surface area contributed by atoms with Gasteiger partial charge in [0.1, 0.15) is 17.6 Å². The lowest BCUT2D eigenvalue weighted by Crippen LogP contribution is -2.43. The van der Waals surface area contributed by atoms with Gasteiger partial charge in [0.2, 0.25) is 0 Å². The van der Waals surface area contributed by atoms with Crippen LogP contribution < -0.4 is 20.3 Å². The number of carbonyl (C=O) groups is 2.